The monoisotopic (exact) mass is 267 g/mol. The van der Waals surface area contributed by atoms with Crippen LogP contribution in [0.5, 0.6) is 0 Å². The Kier molecular flexibility index (Phi) is 2.97. The topological polar surface area (TPSA) is 66.3 Å². The molecule has 5 nitrogen and oxygen atoms in total. The summed E-state index contributed by atoms with van der Waals surface area (Å²) < 4.78 is 4.26. The summed E-state index contributed by atoms with van der Waals surface area (Å²) in [6.45, 7) is 2.85. The minimum atomic E-state index is -0.711. The van der Waals surface area contributed by atoms with Gasteiger partial charge in [-0.2, -0.15) is 4.37 Å². The number of hydrogen-bond acceptors (Lipinski definition) is 5. The first-order valence-electron chi connectivity index (χ1n) is 6.52. The maximum absolute atomic E-state index is 11.5. The highest BCUT2D eigenvalue weighted by Gasteiger charge is 2.48. The van der Waals surface area contributed by atoms with Crippen molar-refractivity contribution in [3.63, 3.8) is 0 Å². The minimum Gasteiger partial charge on any atom is -0.480 e. The van der Waals surface area contributed by atoms with E-state index in [-0.39, 0.29) is 0 Å². The second-order valence-electron chi connectivity index (χ2n) is 5.14. The second kappa shape index (κ2) is 4.50. The molecule has 0 spiro atoms. The molecule has 3 rings (SSSR count). The van der Waals surface area contributed by atoms with Crippen LogP contribution in [0.15, 0.2) is 0 Å². The molecule has 2 aliphatic rings. The molecular formula is C12H17N3O2S. The molecule has 1 aromatic heterocycles. The molecule has 0 radical (unpaired) electrons. The molecule has 1 aliphatic heterocycles. The molecule has 3 atom stereocenters. The van der Waals surface area contributed by atoms with Crippen LogP contribution in [0.25, 0.3) is 0 Å². The van der Waals surface area contributed by atoms with Gasteiger partial charge in [-0.1, -0.05) is 13.3 Å². The summed E-state index contributed by atoms with van der Waals surface area (Å²) in [7, 11) is 0. The van der Waals surface area contributed by atoms with Crippen LogP contribution in [0, 0.1) is 11.8 Å². The van der Waals surface area contributed by atoms with Crippen molar-refractivity contribution in [2.75, 3.05) is 11.4 Å². The first-order valence-corrected chi connectivity index (χ1v) is 7.30. The van der Waals surface area contributed by atoms with Gasteiger partial charge in [0.05, 0.1) is 0 Å². The maximum atomic E-state index is 11.5. The van der Waals surface area contributed by atoms with Crippen LogP contribution in [0.1, 0.15) is 32.0 Å². The summed E-state index contributed by atoms with van der Waals surface area (Å²) in [5, 5.41) is 10.3. The zero-order chi connectivity index (χ0) is 12.7. The lowest BCUT2D eigenvalue weighted by molar-refractivity contribution is -0.139. The van der Waals surface area contributed by atoms with Crippen molar-refractivity contribution in [3.05, 3.63) is 5.82 Å². The Labute approximate surface area is 110 Å². The van der Waals surface area contributed by atoms with E-state index in [2.05, 4.69) is 9.36 Å². The molecule has 2 fully saturated rings. The number of carboxylic acid groups (broad SMARTS) is 1. The van der Waals surface area contributed by atoms with Gasteiger partial charge in [-0.3, -0.25) is 0 Å². The van der Waals surface area contributed by atoms with Gasteiger partial charge in [0.1, 0.15) is 11.9 Å². The molecule has 98 valence electrons. The summed E-state index contributed by atoms with van der Waals surface area (Å²) in [5.41, 5.74) is 0. The normalized spacial score (nSPS) is 30.7. The third kappa shape index (κ3) is 1.79. The third-order valence-electron chi connectivity index (χ3n) is 4.16. The van der Waals surface area contributed by atoms with E-state index in [1.165, 1.54) is 18.0 Å². The van der Waals surface area contributed by atoms with Gasteiger partial charge in [0.15, 0.2) is 0 Å². The lowest BCUT2D eigenvalue weighted by Crippen LogP contribution is -2.39. The van der Waals surface area contributed by atoms with E-state index in [0.717, 1.165) is 36.8 Å². The molecule has 1 aliphatic carbocycles. The molecule has 0 bridgehead atoms. The first-order chi connectivity index (χ1) is 8.70. The largest absolute Gasteiger partial charge is 0.480 e. The van der Waals surface area contributed by atoms with Crippen LogP contribution >= 0.6 is 11.5 Å². The minimum absolute atomic E-state index is 0.302. The van der Waals surface area contributed by atoms with Crippen LogP contribution in [0.2, 0.25) is 0 Å². The van der Waals surface area contributed by atoms with Crippen molar-refractivity contribution in [2.24, 2.45) is 11.8 Å². The lowest BCUT2D eigenvalue weighted by Gasteiger charge is -2.23. The Bertz CT molecular complexity index is 462. The quantitative estimate of drug-likeness (QED) is 0.904. The standard InChI is InChI=1S/C12H17N3O2S/c1-2-9-13-12(18-14-9)15-6-7-4-3-5-8(7)10(15)11(16)17/h7-8,10H,2-6H2,1H3,(H,16,17). The molecule has 2 heterocycles. The van der Waals surface area contributed by atoms with Crippen molar-refractivity contribution in [1.82, 2.24) is 9.36 Å². The number of aliphatic carboxylic acids is 1. The number of rotatable bonds is 3. The maximum Gasteiger partial charge on any atom is 0.326 e. The van der Waals surface area contributed by atoms with Crippen LogP contribution in [0.3, 0.4) is 0 Å². The van der Waals surface area contributed by atoms with Gasteiger partial charge in [-0.25, -0.2) is 9.78 Å². The highest BCUT2D eigenvalue weighted by atomic mass is 32.1. The van der Waals surface area contributed by atoms with Crippen molar-refractivity contribution in [2.45, 2.75) is 38.6 Å². The summed E-state index contributed by atoms with van der Waals surface area (Å²) in [6.07, 6.45) is 4.17. The van der Waals surface area contributed by atoms with E-state index >= 15 is 0 Å². The van der Waals surface area contributed by atoms with Gasteiger partial charge < -0.3 is 10.0 Å². The van der Waals surface area contributed by atoms with Crippen molar-refractivity contribution >= 4 is 22.6 Å². The fourth-order valence-corrected chi connectivity index (χ4v) is 4.12. The zero-order valence-corrected chi connectivity index (χ0v) is 11.2. The molecule has 1 saturated carbocycles. The molecule has 1 saturated heterocycles. The summed E-state index contributed by atoms with van der Waals surface area (Å²) >= 11 is 1.33. The third-order valence-corrected chi connectivity index (χ3v) is 4.95. The van der Waals surface area contributed by atoms with Gasteiger partial charge in [-0.15, -0.1) is 0 Å². The predicted molar refractivity (Wildman–Crippen MR) is 68.9 cm³/mol. The highest BCUT2D eigenvalue weighted by Crippen LogP contribution is 2.44. The highest BCUT2D eigenvalue weighted by molar-refractivity contribution is 7.09. The van der Waals surface area contributed by atoms with Crippen LogP contribution < -0.4 is 4.90 Å². The number of aromatic nitrogens is 2. The Morgan fingerprint density at radius 1 is 1.56 bits per heavy atom. The average Bonchev–Trinajstić information content (AvgIpc) is 3.02. The fraction of sp³-hybridized carbons (Fsp3) is 0.750. The summed E-state index contributed by atoms with van der Waals surface area (Å²) in [4.78, 5) is 17.9. The smallest absolute Gasteiger partial charge is 0.326 e. The average molecular weight is 267 g/mol. The van der Waals surface area contributed by atoms with E-state index < -0.39 is 12.0 Å². The van der Waals surface area contributed by atoms with Crippen LogP contribution in [0.4, 0.5) is 5.13 Å². The number of hydrogen-bond donors (Lipinski definition) is 1. The SMILES string of the molecule is CCc1nsc(N2CC3CCCC3C2C(=O)O)n1. The molecular weight excluding hydrogens is 250 g/mol. The Balaban J connectivity index is 1.88. The van der Waals surface area contributed by atoms with Crippen LogP contribution in [-0.2, 0) is 11.2 Å². The molecule has 0 amide bonds. The number of fused-ring (bicyclic) bond motifs is 1. The number of aryl methyl sites for hydroxylation is 1. The summed E-state index contributed by atoms with van der Waals surface area (Å²) in [6, 6.07) is -0.393. The van der Waals surface area contributed by atoms with E-state index in [4.69, 9.17) is 0 Å². The molecule has 18 heavy (non-hydrogen) atoms. The van der Waals surface area contributed by atoms with E-state index in [9.17, 15) is 9.90 Å². The van der Waals surface area contributed by atoms with Gasteiger partial charge in [-0.05, 0) is 24.7 Å². The van der Waals surface area contributed by atoms with Crippen molar-refractivity contribution in [3.8, 4) is 0 Å². The molecule has 0 aromatic carbocycles. The molecule has 1 aromatic rings. The van der Waals surface area contributed by atoms with Gasteiger partial charge in [0.25, 0.3) is 0 Å². The Hall–Kier alpha value is -1.17. The van der Waals surface area contributed by atoms with Gasteiger partial charge >= 0.3 is 5.97 Å². The number of carboxylic acids is 1. The first kappa shape index (κ1) is 11.9. The molecule has 1 N–H and O–H groups in total. The lowest BCUT2D eigenvalue weighted by atomic mass is 9.94. The fourth-order valence-electron chi connectivity index (χ4n) is 3.32. The van der Waals surface area contributed by atoms with E-state index in [1.807, 2.05) is 11.8 Å². The second-order valence-corrected chi connectivity index (χ2v) is 5.87. The molecule has 3 unspecified atom stereocenters. The van der Waals surface area contributed by atoms with Crippen LogP contribution in [-0.4, -0.2) is 33.0 Å². The van der Waals surface area contributed by atoms with Crippen molar-refractivity contribution < 1.29 is 9.90 Å². The van der Waals surface area contributed by atoms with E-state index in [1.54, 1.807) is 0 Å². The Morgan fingerprint density at radius 3 is 3.06 bits per heavy atom. The Morgan fingerprint density at radius 2 is 2.39 bits per heavy atom. The number of nitrogens with zero attached hydrogens (tertiary/aromatic N) is 3. The van der Waals surface area contributed by atoms with Gasteiger partial charge in [0.2, 0.25) is 5.13 Å². The van der Waals surface area contributed by atoms with Gasteiger partial charge in [0, 0.05) is 24.5 Å². The van der Waals surface area contributed by atoms with Crippen molar-refractivity contribution in [1.29, 1.82) is 0 Å². The number of carbonyl (C=O) groups is 1. The summed E-state index contributed by atoms with van der Waals surface area (Å²) in [5.74, 6) is 0.936. The number of anilines is 1. The zero-order valence-electron chi connectivity index (χ0n) is 10.4. The predicted octanol–water partition coefficient (Wildman–Crippen LogP) is 1.79. The van der Waals surface area contributed by atoms with E-state index in [0.29, 0.717) is 11.8 Å². The molecule has 6 heteroatoms.